The fourth-order valence-corrected chi connectivity index (χ4v) is 5.50. The molecule has 11 heteroatoms. The van der Waals surface area contributed by atoms with Crippen LogP contribution in [0.15, 0.2) is 41.3 Å². The largest absolute Gasteiger partial charge is 0.467 e. The number of benzene rings is 2. The van der Waals surface area contributed by atoms with E-state index in [1.54, 1.807) is 17.0 Å². The molecule has 0 N–H and O–H groups in total. The number of halogens is 1. The molecule has 0 atom stereocenters. The smallest absolute Gasteiger partial charge is 0.338 e. The van der Waals surface area contributed by atoms with Crippen LogP contribution < -0.4 is 4.74 Å². The molecule has 1 saturated heterocycles. The maximum absolute atomic E-state index is 13.0. The number of sulfonamides is 1. The normalized spacial score (nSPS) is 16.6. The molecule has 2 aliphatic rings. The summed E-state index contributed by atoms with van der Waals surface area (Å²) < 4.78 is 43.6. The van der Waals surface area contributed by atoms with Gasteiger partial charge in [-0.1, -0.05) is 17.7 Å². The number of hydrogen-bond donors (Lipinski definition) is 0. The number of nitrogens with zero attached hydrogens (tertiary/aromatic N) is 2. The van der Waals surface area contributed by atoms with E-state index in [-0.39, 0.29) is 42.9 Å². The van der Waals surface area contributed by atoms with Crippen LogP contribution in [0, 0.1) is 0 Å². The summed E-state index contributed by atoms with van der Waals surface area (Å²) >= 11 is 6.14. The topological polar surface area (TPSA) is 102 Å². The number of esters is 1. The van der Waals surface area contributed by atoms with E-state index in [2.05, 4.69) is 0 Å². The molecule has 0 saturated carbocycles. The van der Waals surface area contributed by atoms with Gasteiger partial charge in [-0.15, -0.1) is 0 Å². The first-order chi connectivity index (χ1) is 15.8. The van der Waals surface area contributed by atoms with E-state index in [0.717, 1.165) is 5.56 Å². The number of carbonyl (C=O) groups is 2. The average Bonchev–Trinajstić information content (AvgIpc) is 2.82. The molecule has 33 heavy (non-hydrogen) atoms. The summed E-state index contributed by atoms with van der Waals surface area (Å²) in [7, 11) is -3.82. The molecule has 2 aromatic carbocycles. The predicted octanol–water partition coefficient (Wildman–Crippen LogP) is 2.42. The molecule has 9 nitrogen and oxygen atoms in total. The standard InChI is InChI=1S/C22H23ClN2O7S/c1-15(26)24-5-7-25(8-6-24)33(28,29)20-4-2-3-16(11-20)22(27)31-13-18-10-19(23)9-17-12-30-14-32-21(17)18/h2-4,9-11H,5-8,12-14H2,1H3. The molecule has 0 aliphatic carbocycles. The highest BCUT2D eigenvalue weighted by molar-refractivity contribution is 7.89. The van der Waals surface area contributed by atoms with Crippen molar-refractivity contribution in [3.8, 4) is 5.75 Å². The lowest BCUT2D eigenvalue weighted by Gasteiger charge is -2.33. The molecule has 176 valence electrons. The first-order valence-corrected chi connectivity index (χ1v) is 12.1. The van der Waals surface area contributed by atoms with Gasteiger partial charge in [0.05, 0.1) is 17.1 Å². The van der Waals surface area contributed by atoms with Crippen LogP contribution in [0.25, 0.3) is 0 Å². The molecule has 1 amide bonds. The van der Waals surface area contributed by atoms with Crippen LogP contribution in [0.1, 0.15) is 28.4 Å². The van der Waals surface area contributed by atoms with Crippen LogP contribution >= 0.6 is 11.6 Å². The van der Waals surface area contributed by atoms with Crippen molar-refractivity contribution in [1.29, 1.82) is 0 Å². The second-order valence-corrected chi connectivity index (χ2v) is 10.1. The van der Waals surface area contributed by atoms with Gasteiger partial charge >= 0.3 is 5.97 Å². The van der Waals surface area contributed by atoms with Crippen LogP contribution in [0.3, 0.4) is 0 Å². The highest BCUT2D eigenvalue weighted by Crippen LogP contribution is 2.32. The molecule has 0 radical (unpaired) electrons. The predicted molar refractivity (Wildman–Crippen MR) is 118 cm³/mol. The van der Waals surface area contributed by atoms with Gasteiger partial charge in [0.1, 0.15) is 12.4 Å². The van der Waals surface area contributed by atoms with Gasteiger partial charge in [0.15, 0.2) is 6.79 Å². The van der Waals surface area contributed by atoms with Crippen molar-refractivity contribution in [1.82, 2.24) is 9.21 Å². The summed E-state index contributed by atoms with van der Waals surface area (Å²) in [5, 5.41) is 0.465. The summed E-state index contributed by atoms with van der Waals surface area (Å²) in [6.07, 6.45) is 0. The van der Waals surface area contributed by atoms with E-state index in [4.69, 9.17) is 25.8 Å². The minimum atomic E-state index is -3.82. The second-order valence-electron chi connectivity index (χ2n) is 7.68. The molecule has 4 rings (SSSR count). The number of hydrogen-bond acceptors (Lipinski definition) is 7. The van der Waals surface area contributed by atoms with Gasteiger partial charge in [-0.2, -0.15) is 4.31 Å². The van der Waals surface area contributed by atoms with Gasteiger partial charge in [-0.3, -0.25) is 4.79 Å². The van der Waals surface area contributed by atoms with Crippen LogP contribution in [0.5, 0.6) is 5.75 Å². The van der Waals surface area contributed by atoms with E-state index in [1.807, 2.05) is 0 Å². The van der Waals surface area contributed by atoms with Crippen molar-refractivity contribution < 1.29 is 32.2 Å². The average molecular weight is 495 g/mol. The Balaban J connectivity index is 1.46. The van der Waals surface area contributed by atoms with Crippen LogP contribution in [0.2, 0.25) is 5.02 Å². The quantitative estimate of drug-likeness (QED) is 0.588. The van der Waals surface area contributed by atoms with Crippen molar-refractivity contribution in [2.45, 2.75) is 25.0 Å². The zero-order chi connectivity index (χ0) is 23.6. The summed E-state index contributed by atoms with van der Waals surface area (Å²) in [5.74, 6) is -0.190. The number of rotatable bonds is 5. The highest BCUT2D eigenvalue weighted by Gasteiger charge is 2.30. The molecule has 0 aromatic heterocycles. The van der Waals surface area contributed by atoms with Gasteiger partial charge < -0.3 is 19.1 Å². The zero-order valence-corrected chi connectivity index (χ0v) is 19.5. The zero-order valence-electron chi connectivity index (χ0n) is 18.0. The van der Waals surface area contributed by atoms with Crippen LogP contribution in [0.4, 0.5) is 0 Å². The molecule has 2 aliphatic heterocycles. The monoisotopic (exact) mass is 494 g/mol. The van der Waals surface area contributed by atoms with Gasteiger partial charge in [-0.25, -0.2) is 13.2 Å². The third-order valence-corrected chi connectivity index (χ3v) is 7.61. The number of amides is 1. The Morgan fingerprint density at radius 1 is 1.12 bits per heavy atom. The molecule has 2 aromatic rings. The Morgan fingerprint density at radius 2 is 1.88 bits per heavy atom. The Labute approximate surface area is 196 Å². The summed E-state index contributed by atoms with van der Waals surface area (Å²) in [6, 6.07) is 9.10. The fourth-order valence-electron chi connectivity index (χ4n) is 3.77. The van der Waals surface area contributed by atoms with Crippen LogP contribution in [-0.2, 0) is 37.5 Å². The van der Waals surface area contributed by atoms with Gasteiger partial charge in [-0.05, 0) is 30.3 Å². The third kappa shape index (κ3) is 5.14. The molecule has 0 bridgehead atoms. The molecule has 0 unspecified atom stereocenters. The molecule has 1 fully saturated rings. The second kappa shape index (κ2) is 9.68. The van der Waals surface area contributed by atoms with Crippen molar-refractivity contribution in [2.75, 3.05) is 33.0 Å². The maximum Gasteiger partial charge on any atom is 0.338 e. The number of carbonyl (C=O) groups excluding carboxylic acids is 2. The molecular formula is C22H23ClN2O7S. The molecule has 0 spiro atoms. The van der Waals surface area contributed by atoms with Crippen molar-refractivity contribution in [3.05, 3.63) is 58.1 Å². The summed E-state index contributed by atoms with van der Waals surface area (Å²) in [4.78, 5) is 25.8. The third-order valence-electron chi connectivity index (χ3n) is 5.50. The number of ether oxygens (including phenoxy) is 3. The minimum absolute atomic E-state index is 0.00570. The van der Waals surface area contributed by atoms with E-state index >= 15 is 0 Å². The Morgan fingerprint density at radius 3 is 2.61 bits per heavy atom. The number of piperazine rings is 1. The van der Waals surface area contributed by atoms with Gasteiger partial charge in [0.25, 0.3) is 0 Å². The van der Waals surface area contributed by atoms with Crippen LogP contribution in [-0.4, -0.2) is 62.5 Å². The molecular weight excluding hydrogens is 472 g/mol. The maximum atomic E-state index is 13.0. The minimum Gasteiger partial charge on any atom is -0.467 e. The van der Waals surface area contributed by atoms with Gasteiger partial charge in [0, 0.05) is 49.3 Å². The van der Waals surface area contributed by atoms with E-state index < -0.39 is 16.0 Å². The lowest BCUT2D eigenvalue weighted by molar-refractivity contribution is -0.129. The van der Waals surface area contributed by atoms with Crippen molar-refractivity contribution >= 4 is 33.5 Å². The summed E-state index contributed by atoms with van der Waals surface area (Å²) in [5.41, 5.74) is 1.47. The Kier molecular flexibility index (Phi) is 6.89. The van der Waals surface area contributed by atoms with Crippen molar-refractivity contribution in [2.24, 2.45) is 0 Å². The highest BCUT2D eigenvalue weighted by atomic mass is 35.5. The Bertz CT molecular complexity index is 1180. The van der Waals surface area contributed by atoms with E-state index in [9.17, 15) is 18.0 Å². The van der Waals surface area contributed by atoms with Crippen molar-refractivity contribution in [3.63, 3.8) is 0 Å². The summed E-state index contributed by atoms with van der Waals surface area (Å²) in [6.45, 7) is 2.85. The fraction of sp³-hybridized carbons (Fsp3) is 0.364. The van der Waals surface area contributed by atoms with Gasteiger partial charge in [0.2, 0.25) is 15.9 Å². The number of fused-ring (bicyclic) bond motifs is 1. The Hall–Kier alpha value is -2.66. The molecule has 2 heterocycles. The van der Waals surface area contributed by atoms with E-state index in [0.29, 0.717) is 36.0 Å². The first kappa shape index (κ1) is 23.5. The lowest BCUT2D eigenvalue weighted by atomic mass is 10.1. The SMILES string of the molecule is CC(=O)N1CCN(S(=O)(=O)c2cccc(C(=O)OCc3cc(Cl)cc4c3OCOC4)c2)CC1. The van der Waals surface area contributed by atoms with E-state index in [1.165, 1.54) is 35.5 Å². The lowest BCUT2D eigenvalue weighted by Crippen LogP contribution is -2.49. The first-order valence-electron chi connectivity index (χ1n) is 10.3.